The van der Waals surface area contributed by atoms with E-state index in [2.05, 4.69) is 15.7 Å². The predicted molar refractivity (Wildman–Crippen MR) is 143 cm³/mol. The van der Waals surface area contributed by atoms with Gasteiger partial charge in [0.1, 0.15) is 0 Å². The van der Waals surface area contributed by atoms with E-state index in [1.54, 1.807) is 41.9 Å². The van der Waals surface area contributed by atoms with Gasteiger partial charge in [-0.15, -0.1) is 0 Å². The number of amides is 2. The number of nitrogens with zero attached hydrogens (tertiary/aromatic N) is 3. The quantitative estimate of drug-likeness (QED) is 0.407. The number of benzene rings is 2. The van der Waals surface area contributed by atoms with Gasteiger partial charge in [0.15, 0.2) is 15.5 Å². The van der Waals surface area contributed by atoms with Gasteiger partial charge in [0.05, 0.1) is 39.9 Å². The first-order valence-electron chi connectivity index (χ1n) is 12.0. The number of carbonyl (C=O) groups is 2. The van der Waals surface area contributed by atoms with Gasteiger partial charge in [-0.2, -0.15) is 5.10 Å². The van der Waals surface area contributed by atoms with Crippen LogP contribution in [-0.4, -0.2) is 46.5 Å². The molecule has 37 heavy (non-hydrogen) atoms. The molecule has 1 saturated heterocycles. The summed E-state index contributed by atoms with van der Waals surface area (Å²) >= 11 is 0. The van der Waals surface area contributed by atoms with E-state index in [1.165, 1.54) is 6.92 Å². The molecule has 0 saturated carbocycles. The fraction of sp³-hybridized carbons (Fsp3) is 0.259. The zero-order valence-electron chi connectivity index (χ0n) is 20.8. The Balaban J connectivity index is 1.62. The molecule has 0 spiro atoms. The number of anilines is 2. The van der Waals surface area contributed by atoms with Gasteiger partial charge >= 0.3 is 0 Å². The van der Waals surface area contributed by atoms with E-state index in [0.29, 0.717) is 45.8 Å². The molecule has 2 aromatic carbocycles. The van der Waals surface area contributed by atoms with Crippen molar-refractivity contribution < 1.29 is 18.0 Å². The summed E-state index contributed by atoms with van der Waals surface area (Å²) in [6, 6.07) is 16.1. The van der Waals surface area contributed by atoms with Gasteiger partial charge in [-0.25, -0.2) is 18.1 Å². The van der Waals surface area contributed by atoms with Crippen molar-refractivity contribution in [3.05, 3.63) is 71.4 Å². The molecule has 1 aliphatic heterocycles. The van der Waals surface area contributed by atoms with Crippen molar-refractivity contribution >= 4 is 44.1 Å². The van der Waals surface area contributed by atoms with Crippen LogP contribution in [0.1, 0.15) is 41.0 Å². The third kappa shape index (κ3) is 5.10. The maximum absolute atomic E-state index is 13.6. The first-order chi connectivity index (χ1) is 17.6. The number of hydrogen-bond acceptors (Lipinski definition) is 6. The largest absolute Gasteiger partial charge is 0.326 e. The average molecular weight is 518 g/mol. The van der Waals surface area contributed by atoms with E-state index in [0.717, 1.165) is 11.1 Å². The van der Waals surface area contributed by atoms with Crippen LogP contribution in [0.5, 0.6) is 0 Å². The van der Waals surface area contributed by atoms with Crippen LogP contribution in [0.2, 0.25) is 0 Å². The number of sulfone groups is 1. The second-order valence-corrected chi connectivity index (χ2v) is 11.7. The van der Waals surface area contributed by atoms with Crippen LogP contribution in [0.3, 0.4) is 0 Å². The number of fused-ring (bicyclic) bond motifs is 1. The molecule has 0 radical (unpaired) electrons. The van der Waals surface area contributed by atoms with Gasteiger partial charge in [-0.3, -0.25) is 9.59 Å². The van der Waals surface area contributed by atoms with Crippen LogP contribution >= 0.6 is 0 Å². The van der Waals surface area contributed by atoms with Gasteiger partial charge in [-0.1, -0.05) is 35.9 Å². The number of hydrogen-bond donors (Lipinski definition) is 2. The highest BCUT2D eigenvalue weighted by molar-refractivity contribution is 7.91. The van der Waals surface area contributed by atoms with Crippen LogP contribution in [0.15, 0.2) is 54.6 Å². The molecule has 2 N–H and O–H groups in total. The Bertz CT molecular complexity index is 1640. The summed E-state index contributed by atoms with van der Waals surface area (Å²) in [4.78, 5) is 29.9. The van der Waals surface area contributed by atoms with Gasteiger partial charge in [0.25, 0.3) is 5.91 Å². The molecular weight excluding hydrogens is 490 g/mol. The zero-order chi connectivity index (χ0) is 26.3. The third-order valence-corrected chi connectivity index (χ3v) is 8.17. The fourth-order valence-electron chi connectivity index (χ4n) is 4.66. The number of aryl methyl sites for hydroxylation is 2. The van der Waals surface area contributed by atoms with Crippen molar-refractivity contribution in [3.63, 3.8) is 0 Å². The molecule has 5 rings (SSSR count). The first kappa shape index (κ1) is 24.6. The summed E-state index contributed by atoms with van der Waals surface area (Å²) in [6.07, 6.45) is 0.451. The van der Waals surface area contributed by atoms with Gasteiger partial charge in [0, 0.05) is 23.9 Å². The van der Waals surface area contributed by atoms with E-state index in [9.17, 15) is 18.0 Å². The van der Waals surface area contributed by atoms with Gasteiger partial charge in [0.2, 0.25) is 5.91 Å². The molecule has 3 heterocycles. The normalized spacial score (nSPS) is 16.6. The molecule has 0 aliphatic carbocycles. The second-order valence-electron chi connectivity index (χ2n) is 9.42. The molecule has 2 aromatic heterocycles. The maximum Gasteiger partial charge on any atom is 0.256 e. The topological polar surface area (TPSA) is 123 Å². The molecule has 0 bridgehead atoms. The number of rotatable bonds is 5. The molecule has 9 nitrogen and oxygen atoms in total. The minimum absolute atomic E-state index is 0.00285. The van der Waals surface area contributed by atoms with Crippen molar-refractivity contribution in [1.29, 1.82) is 0 Å². The number of aromatic nitrogens is 3. The minimum atomic E-state index is -3.15. The molecule has 4 aromatic rings. The van der Waals surface area contributed by atoms with Crippen molar-refractivity contribution in [2.75, 3.05) is 22.1 Å². The number of carbonyl (C=O) groups excluding carboxylic acids is 2. The van der Waals surface area contributed by atoms with Crippen LogP contribution in [0, 0.1) is 13.8 Å². The van der Waals surface area contributed by atoms with Crippen LogP contribution < -0.4 is 10.6 Å². The van der Waals surface area contributed by atoms with Crippen LogP contribution in [0.25, 0.3) is 22.3 Å². The molecule has 190 valence electrons. The monoisotopic (exact) mass is 517 g/mol. The Morgan fingerprint density at radius 3 is 2.35 bits per heavy atom. The molecule has 2 amide bonds. The Kier molecular flexibility index (Phi) is 6.28. The lowest BCUT2D eigenvalue weighted by Gasteiger charge is -2.13. The summed E-state index contributed by atoms with van der Waals surface area (Å²) in [6.45, 7) is 5.21. The summed E-state index contributed by atoms with van der Waals surface area (Å²) in [5, 5.41) is 10.9. The van der Waals surface area contributed by atoms with E-state index in [1.807, 2.05) is 31.2 Å². The highest BCUT2D eigenvalue weighted by Gasteiger charge is 2.32. The SMILES string of the molecule is CC(=O)Nc1cccc(NC(=O)c2cc(-c3ccc(C)cc3)nc3c2c(C)nn3C2CCS(=O)(=O)C2)c1. The molecule has 1 unspecified atom stereocenters. The van der Waals surface area contributed by atoms with Gasteiger partial charge in [-0.05, 0) is 44.5 Å². The maximum atomic E-state index is 13.6. The lowest BCUT2D eigenvalue weighted by molar-refractivity contribution is -0.114. The van der Waals surface area contributed by atoms with Gasteiger partial charge < -0.3 is 10.6 Å². The van der Waals surface area contributed by atoms with E-state index in [4.69, 9.17) is 4.98 Å². The lowest BCUT2D eigenvalue weighted by atomic mass is 10.0. The van der Waals surface area contributed by atoms with Crippen molar-refractivity contribution in [3.8, 4) is 11.3 Å². The Morgan fingerprint density at radius 1 is 1.00 bits per heavy atom. The second kappa shape index (κ2) is 9.44. The smallest absolute Gasteiger partial charge is 0.256 e. The fourth-order valence-corrected chi connectivity index (χ4v) is 6.36. The zero-order valence-corrected chi connectivity index (χ0v) is 21.6. The Labute approximate surface area is 214 Å². The third-order valence-electron chi connectivity index (χ3n) is 6.42. The van der Waals surface area contributed by atoms with E-state index in [-0.39, 0.29) is 29.4 Å². The van der Waals surface area contributed by atoms with Crippen molar-refractivity contribution in [1.82, 2.24) is 14.8 Å². The van der Waals surface area contributed by atoms with Crippen molar-refractivity contribution in [2.45, 2.75) is 33.2 Å². The standard InChI is InChI=1S/C27H27N5O4S/c1-16-7-9-19(10-8-16)24-14-23(27(34)29-21-6-4-5-20(13-21)28-18(3)33)25-17(2)31-32(26(25)30-24)22-11-12-37(35,36)15-22/h4-10,13-14,22H,11-12,15H2,1-3H3,(H,28,33)(H,29,34). The number of pyridine rings is 1. The first-order valence-corrected chi connectivity index (χ1v) is 13.8. The summed E-state index contributed by atoms with van der Waals surface area (Å²) < 4.78 is 26.1. The van der Waals surface area contributed by atoms with E-state index < -0.39 is 9.84 Å². The molecule has 1 aliphatic rings. The Morgan fingerprint density at radius 2 is 1.70 bits per heavy atom. The van der Waals surface area contributed by atoms with Crippen LogP contribution in [-0.2, 0) is 14.6 Å². The highest BCUT2D eigenvalue weighted by atomic mass is 32.2. The average Bonchev–Trinajstić information content (AvgIpc) is 3.37. The lowest BCUT2D eigenvalue weighted by Crippen LogP contribution is -2.15. The predicted octanol–water partition coefficient (Wildman–Crippen LogP) is 4.29. The summed E-state index contributed by atoms with van der Waals surface area (Å²) in [5.74, 6) is -0.466. The molecule has 1 fully saturated rings. The summed E-state index contributed by atoms with van der Waals surface area (Å²) in [7, 11) is -3.15. The molecule has 10 heteroatoms. The highest BCUT2D eigenvalue weighted by Crippen LogP contribution is 2.32. The van der Waals surface area contributed by atoms with Crippen molar-refractivity contribution in [2.24, 2.45) is 0 Å². The summed E-state index contributed by atoms with van der Waals surface area (Å²) in [5.41, 5.74) is 5.07. The van der Waals surface area contributed by atoms with Crippen LogP contribution in [0.4, 0.5) is 11.4 Å². The number of nitrogens with one attached hydrogen (secondary N) is 2. The molecule has 1 atom stereocenters. The molecular formula is C27H27N5O4S. The Hall–Kier alpha value is -4.05. The minimum Gasteiger partial charge on any atom is -0.326 e. The van der Waals surface area contributed by atoms with E-state index >= 15 is 0 Å².